The van der Waals surface area contributed by atoms with Gasteiger partial charge in [0.1, 0.15) is 9.79 Å². The SMILES string of the molecule is O=S(=O)(Nc1cccnc1)c1ccccc1S(=O)(=O)N1CCCC1. The molecule has 1 aromatic carbocycles. The van der Waals surface area contributed by atoms with Crippen LogP contribution in [0.1, 0.15) is 12.8 Å². The second kappa shape index (κ2) is 6.50. The third kappa shape index (κ3) is 3.28. The summed E-state index contributed by atoms with van der Waals surface area (Å²) in [6, 6.07) is 8.77. The number of hydrogen-bond donors (Lipinski definition) is 1. The van der Waals surface area contributed by atoms with Crippen LogP contribution in [-0.2, 0) is 20.0 Å². The lowest BCUT2D eigenvalue weighted by Crippen LogP contribution is -2.29. The minimum absolute atomic E-state index is 0.205. The van der Waals surface area contributed by atoms with Crippen LogP contribution >= 0.6 is 0 Å². The molecule has 2 aromatic rings. The predicted octanol–water partition coefficient (Wildman–Crippen LogP) is 1.67. The highest BCUT2D eigenvalue weighted by molar-refractivity contribution is 7.94. The standard InChI is InChI=1S/C15H17N3O4S2/c19-23(20,17-13-6-5-9-16-12-13)14-7-1-2-8-15(14)24(21,22)18-10-3-4-11-18/h1-2,5-9,12,17H,3-4,10-11H2. The Balaban J connectivity index is 2.03. The van der Waals surface area contributed by atoms with Gasteiger partial charge in [0.05, 0.1) is 11.9 Å². The average Bonchev–Trinajstić information content (AvgIpc) is 3.11. The van der Waals surface area contributed by atoms with Crippen molar-refractivity contribution in [1.29, 1.82) is 0 Å². The van der Waals surface area contributed by atoms with Crippen molar-refractivity contribution in [2.24, 2.45) is 0 Å². The Morgan fingerprint density at radius 3 is 2.21 bits per heavy atom. The zero-order valence-electron chi connectivity index (χ0n) is 12.8. The summed E-state index contributed by atoms with van der Waals surface area (Å²) in [5.41, 5.74) is 0.269. The van der Waals surface area contributed by atoms with E-state index < -0.39 is 20.0 Å². The Hall–Kier alpha value is -1.97. The molecular weight excluding hydrogens is 350 g/mol. The summed E-state index contributed by atoms with van der Waals surface area (Å²) in [5, 5.41) is 0. The molecule has 1 N–H and O–H groups in total. The fourth-order valence-electron chi connectivity index (χ4n) is 2.59. The van der Waals surface area contributed by atoms with Gasteiger partial charge >= 0.3 is 0 Å². The van der Waals surface area contributed by atoms with E-state index in [0.29, 0.717) is 13.1 Å². The minimum Gasteiger partial charge on any atom is -0.278 e. The van der Waals surface area contributed by atoms with Crippen LogP contribution in [0.2, 0.25) is 0 Å². The number of rotatable bonds is 5. The highest BCUT2D eigenvalue weighted by Gasteiger charge is 2.32. The maximum atomic E-state index is 12.8. The van der Waals surface area contributed by atoms with Crippen LogP contribution in [0.25, 0.3) is 0 Å². The smallest absolute Gasteiger partial charge is 0.263 e. The van der Waals surface area contributed by atoms with Gasteiger partial charge in [0.15, 0.2) is 0 Å². The van der Waals surface area contributed by atoms with E-state index in [1.165, 1.54) is 41.0 Å². The summed E-state index contributed by atoms with van der Waals surface area (Å²) in [5.74, 6) is 0. The van der Waals surface area contributed by atoms with Crippen molar-refractivity contribution in [3.63, 3.8) is 0 Å². The van der Waals surface area contributed by atoms with Gasteiger partial charge < -0.3 is 0 Å². The Bertz CT molecular complexity index is 922. The predicted molar refractivity (Wildman–Crippen MR) is 89.5 cm³/mol. The molecule has 0 spiro atoms. The van der Waals surface area contributed by atoms with Crippen molar-refractivity contribution in [1.82, 2.24) is 9.29 Å². The van der Waals surface area contributed by atoms with Crippen LogP contribution in [0.5, 0.6) is 0 Å². The van der Waals surface area contributed by atoms with Crippen LogP contribution < -0.4 is 4.72 Å². The van der Waals surface area contributed by atoms with Gasteiger partial charge in [0, 0.05) is 19.3 Å². The molecule has 0 aliphatic carbocycles. The second-order valence-corrected chi connectivity index (χ2v) is 8.96. The van der Waals surface area contributed by atoms with Crippen LogP contribution in [-0.4, -0.2) is 39.2 Å². The number of hydrogen-bond acceptors (Lipinski definition) is 5. The van der Waals surface area contributed by atoms with E-state index in [2.05, 4.69) is 9.71 Å². The van der Waals surface area contributed by atoms with Gasteiger partial charge in [-0.3, -0.25) is 9.71 Å². The molecular formula is C15H17N3O4S2. The van der Waals surface area contributed by atoms with E-state index >= 15 is 0 Å². The maximum absolute atomic E-state index is 12.8. The molecule has 0 bridgehead atoms. The number of pyridine rings is 1. The normalized spacial score (nSPS) is 16.2. The largest absolute Gasteiger partial charge is 0.278 e. The fraction of sp³-hybridized carbons (Fsp3) is 0.267. The third-order valence-electron chi connectivity index (χ3n) is 3.74. The topological polar surface area (TPSA) is 96.4 Å². The molecule has 128 valence electrons. The first kappa shape index (κ1) is 16.9. The van der Waals surface area contributed by atoms with Crippen molar-refractivity contribution >= 4 is 25.7 Å². The van der Waals surface area contributed by atoms with Crippen LogP contribution in [0, 0.1) is 0 Å². The van der Waals surface area contributed by atoms with Gasteiger partial charge in [0.25, 0.3) is 10.0 Å². The molecule has 0 unspecified atom stereocenters. The monoisotopic (exact) mass is 367 g/mol. The molecule has 2 heterocycles. The van der Waals surface area contributed by atoms with Crippen molar-refractivity contribution in [2.75, 3.05) is 17.8 Å². The number of nitrogens with zero attached hydrogens (tertiary/aromatic N) is 2. The molecule has 1 aliphatic heterocycles. The summed E-state index contributed by atoms with van der Waals surface area (Å²) >= 11 is 0. The molecule has 3 rings (SSSR count). The lowest BCUT2D eigenvalue weighted by molar-refractivity contribution is 0.475. The number of nitrogens with one attached hydrogen (secondary N) is 1. The van der Waals surface area contributed by atoms with Gasteiger partial charge in [0.2, 0.25) is 10.0 Å². The fourth-order valence-corrected chi connectivity index (χ4v) is 5.95. The summed E-state index contributed by atoms with van der Waals surface area (Å²) in [4.78, 5) is 3.37. The summed E-state index contributed by atoms with van der Waals surface area (Å²) in [6.07, 6.45) is 4.43. The number of benzene rings is 1. The molecule has 1 saturated heterocycles. The van der Waals surface area contributed by atoms with E-state index in [-0.39, 0.29) is 15.5 Å². The van der Waals surface area contributed by atoms with Crippen molar-refractivity contribution < 1.29 is 16.8 Å². The first-order chi connectivity index (χ1) is 11.4. The molecule has 1 aromatic heterocycles. The number of aromatic nitrogens is 1. The first-order valence-corrected chi connectivity index (χ1v) is 10.4. The quantitative estimate of drug-likeness (QED) is 0.867. The molecule has 24 heavy (non-hydrogen) atoms. The van der Waals surface area contributed by atoms with E-state index in [1.54, 1.807) is 12.1 Å². The molecule has 0 amide bonds. The minimum atomic E-state index is -4.05. The average molecular weight is 367 g/mol. The van der Waals surface area contributed by atoms with E-state index in [4.69, 9.17) is 0 Å². The zero-order chi connectivity index (χ0) is 17.2. The summed E-state index contributed by atoms with van der Waals surface area (Å²) in [6.45, 7) is 0.819. The van der Waals surface area contributed by atoms with E-state index in [9.17, 15) is 16.8 Å². The number of sulfonamides is 2. The Kier molecular flexibility index (Phi) is 4.57. The van der Waals surface area contributed by atoms with Crippen molar-refractivity contribution in [3.05, 3.63) is 48.8 Å². The third-order valence-corrected chi connectivity index (χ3v) is 7.26. The molecule has 0 radical (unpaired) electrons. The zero-order valence-corrected chi connectivity index (χ0v) is 14.4. The lowest BCUT2D eigenvalue weighted by Gasteiger charge is -2.18. The van der Waals surface area contributed by atoms with E-state index in [1.807, 2.05) is 0 Å². The molecule has 0 atom stereocenters. The highest BCUT2D eigenvalue weighted by Crippen LogP contribution is 2.27. The van der Waals surface area contributed by atoms with Gasteiger partial charge in [-0.15, -0.1) is 0 Å². The van der Waals surface area contributed by atoms with E-state index in [0.717, 1.165) is 12.8 Å². The summed E-state index contributed by atoms with van der Waals surface area (Å²) < 4.78 is 54.6. The molecule has 7 nitrogen and oxygen atoms in total. The van der Waals surface area contributed by atoms with Gasteiger partial charge in [-0.2, -0.15) is 4.31 Å². The Morgan fingerprint density at radius 2 is 1.58 bits per heavy atom. The van der Waals surface area contributed by atoms with Gasteiger partial charge in [-0.1, -0.05) is 12.1 Å². The molecule has 9 heteroatoms. The first-order valence-electron chi connectivity index (χ1n) is 7.43. The van der Waals surface area contributed by atoms with Gasteiger partial charge in [-0.25, -0.2) is 16.8 Å². The van der Waals surface area contributed by atoms with Crippen LogP contribution in [0.15, 0.2) is 58.6 Å². The second-order valence-electron chi connectivity index (χ2n) is 5.41. The summed E-state index contributed by atoms with van der Waals surface area (Å²) in [7, 11) is -7.90. The number of anilines is 1. The van der Waals surface area contributed by atoms with Crippen molar-refractivity contribution in [2.45, 2.75) is 22.6 Å². The molecule has 1 fully saturated rings. The maximum Gasteiger partial charge on any atom is 0.263 e. The Morgan fingerprint density at radius 1 is 0.917 bits per heavy atom. The lowest BCUT2D eigenvalue weighted by atomic mass is 10.4. The molecule has 1 aliphatic rings. The van der Waals surface area contributed by atoms with Crippen molar-refractivity contribution in [3.8, 4) is 0 Å². The Labute approximate surface area is 141 Å². The van der Waals surface area contributed by atoms with Crippen LogP contribution in [0.3, 0.4) is 0 Å². The van der Waals surface area contributed by atoms with Crippen LogP contribution in [0.4, 0.5) is 5.69 Å². The highest BCUT2D eigenvalue weighted by atomic mass is 32.2. The van der Waals surface area contributed by atoms with Gasteiger partial charge in [-0.05, 0) is 37.1 Å². The molecule has 0 saturated carbocycles.